The maximum atomic E-state index is 13.9. The summed E-state index contributed by atoms with van der Waals surface area (Å²) in [7, 11) is 0. The minimum atomic E-state index is -4.56. The second kappa shape index (κ2) is 8.55. The molecule has 2 N–H and O–H groups in total. The molecule has 1 aliphatic heterocycles. The number of hydrogen-bond donors (Lipinski definition) is 1. The highest BCUT2D eigenvalue weighted by Crippen LogP contribution is 2.45. The molecule has 1 aliphatic rings. The van der Waals surface area contributed by atoms with Crippen LogP contribution < -0.4 is 5.73 Å². The Morgan fingerprint density at radius 1 is 0.853 bits per heavy atom. The summed E-state index contributed by atoms with van der Waals surface area (Å²) in [5.41, 5.74) is 4.32. The molecular formula is C25H19F5N2O2. The fourth-order valence-electron chi connectivity index (χ4n) is 4.51. The van der Waals surface area contributed by atoms with Crippen LogP contribution in [0.1, 0.15) is 34.7 Å². The molecule has 4 rings (SSSR count). The van der Waals surface area contributed by atoms with E-state index in [1.54, 1.807) is 0 Å². The summed E-state index contributed by atoms with van der Waals surface area (Å²) in [6.45, 7) is 0.0439. The number of carbonyl (C=O) groups is 2. The number of primary amides is 1. The van der Waals surface area contributed by atoms with Crippen LogP contribution in [0.3, 0.4) is 0 Å². The van der Waals surface area contributed by atoms with Crippen molar-refractivity contribution in [3.8, 4) is 0 Å². The van der Waals surface area contributed by atoms with Crippen molar-refractivity contribution in [2.45, 2.75) is 24.1 Å². The van der Waals surface area contributed by atoms with Crippen molar-refractivity contribution >= 4 is 11.8 Å². The van der Waals surface area contributed by atoms with Gasteiger partial charge >= 0.3 is 6.18 Å². The SMILES string of the molecule is NC(=O)C(c1ccc(C(F)(F)F)cc1)N1CCC(c2ccc(F)cc2)(c2ccc(F)cc2)C1=O. The first-order valence-corrected chi connectivity index (χ1v) is 10.3. The lowest BCUT2D eigenvalue weighted by Gasteiger charge is -2.32. The van der Waals surface area contributed by atoms with Crippen molar-refractivity contribution in [1.29, 1.82) is 0 Å². The zero-order chi connectivity index (χ0) is 24.7. The molecule has 176 valence electrons. The van der Waals surface area contributed by atoms with Gasteiger partial charge in [-0.3, -0.25) is 9.59 Å². The first-order valence-electron chi connectivity index (χ1n) is 10.3. The summed E-state index contributed by atoms with van der Waals surface area (Å²) < 4.78 is 66.1. The predicted molar refractivity (Wildman–Crippen MR) is 113 cm³/mol. The molecule has 0 aliphatic carbocycles. The van der Waals surface area contributed by atoms with Gasteiger partial charge in [-0.05, 0) is 59.5 Å². The van der Waals surface area contributed by atoms with Gasteiger partial charge in [-0.2, -0.15) is 13.2 Å². The van der Waals surface area contributed by atoms with Gasteiger partial charge < -0.3 is 10.6 Å². The highest BCUT2D eigenvalue weighted by Gasteiger charge is 2.52. The molecule has 1 unspecified atom stereocenters. The Balaban J connectivity index is 1.79. The van der Waals surface area contributed by atoms with E-state index in [0.717, 1.165) is 24.3 Å². The molecule has 2 amide bonds. The monoisotopic (exact) mass is 474 g/mol. The van der Waals surface area contributed by atoms with Gasteiger partial charge in [0.1, 0.15) is 23.1 Å². The van der Waals surface area contributed by atoms with Crippen molar-refractivity contribution in [3.05, 3.63) is 107 Å². The molecular weight excluding hydrogens is 455 g/mol. The zero-order valence-corrected chi connectivity index (χ0v) is 17.7. The Bertz CT molecular complexity index is 1160. The number of amides is 2. The Labute approximate surface area is 191 Å². The van der Waals surface area contributed by atoms with Gasteiger partial charge in [-0.25, -0.2) is 8.78 Å². The van der Waals surface area contributed by atoms with Gasteiger partial charge in [0.25, 0.3) is 0 Å². The van der Waals surface area contributed by atoms with Gasteiger partial charge in [-0.15, -0.1) is 0 Å². The van der Waals surface area contributed by atoms with Crippen LogP contribution in [-0.2, 0) is 21.2 Å². The zero-order valence-electron chi connectivity index (χ0n) is 17.7. The van der Waals surface area contributed by atoms with E-state index in [1.165, 1.54) is 53.4 Å². The largest absolute Gasteiger partial charge is 0.416 e. The second-order valence-electron chi connectivity index (χ2n) is 8.09. The summed E-state index contributed by atoms with van der Waals surface area (Å²) in [6.07, 6.45) is -4.40. The Hall–Kier alpha value is -3.75. The fraction of sp³-hybridized carbons (Fsp3) is 0.200. The highest BCUT2D eigenvalue weighted by atomic mass is 19.4. The summed E-state index contributed by atoms with van der Waals surface area (Å²) in [5, 5.41) is 0. The Morgan fingerprint density at radius 3 is 1.74 bits per heavy atom. The smallest absolute Gasteiger partial charge is 0.368 e. The number of benzene rings is 3. The predicted octanol–water partition coefficient (Wildman–Crippen LogP) is 4.73. The number of hydrogen-bond acceptors (Lipinski definition) is 2. The van der Waals surface area contributed by atoms with E-state index in [2.05, 4.69) is 0 Å². The molecule has 3 aromatic carbocycles. The number of nitrogens with two attached hydrogens (primary N) is 1. The number of halogens is 5. The van der Waals surface area contributed by atoms with Gasteiger partial charge in [-0.1, -0.05) is 36.4 Å². The van der Waals surface area contributed by atoms with Crippen molar-refractivity contribution < 1.29 is 31.5 Å². The molecule has 34 heavy (non-hydrogen) atoms. The van der Waals surface area contributed by atoms with Crippen molar-refractivity contribution in [2.24, 2.45) is 5.73 Å². The first-order chi connectivity index (χ1) is 16.0. The Morgan fingerprint density at radius 2 is 1.32 bits per heavy atom. The average molecular weight is 474 g/mol. The molecule has 1 fully saturated rings. The second-order valence-corrected chi connectivity index (χ2v) is 8.09. The molecule has 9 heteroatoms. The van der Waals surface area contributed by atoms with Crippen molar-refractivity contribution in [2.75, 3.05) is 6.54 Å². The maximum Gasteiger partial charge on any atom is 0.416 e. The molecule has 0 radical (unpaired) electrons. The molecule has 0 saturated carbocycles. The third-order valence-corrected chi connectivity index (χ3v) is 6.16. The molecule has 3 aromatic rings. The molecule has 0 aromatic heterocycles. The van der Waals surface area contributed by atoms with Gasteiger partial charge in [0.15, 0.2) is 0 Å². The molecule has 1 heterocycles. The lowest BCUT2D eigenvalue weighted by molar-refractivity contribution is -0.139. The van der Waals surface area contributed by atoms with E-state index >= 15 is 0 Å². The van der Waals surface area contributed by atoms with E-state index in [9.17, 15) is 31.5 Å². The van der Waals surface area contributed by atoms with Crippen LogP contribution in [0.5, 0.6) is 0 Å². The lowest BCUT2D eigenvalue weighted by Crippen LogP contribution is -2.44. The molecule has 1 saturated heterocycles. The van der Waals surface area contributed by atoms with Gasteiger partial charge in [0.2, 0.25) is 11.8 Å². The van der Waals surface area contributed by atoms with E-state index in [0.29, 0.717) is 11.1 Å². The lowest BCUT2D eigenvalue weighted by atomic mass is 9.73. The maximum absolute atomic E-state index is 13.9. The third kappa shape index (κ3) is 4.02. The topological polar surface area (TPSA) is 63.4 Å². The van der Waals surface area contributed by atoms with Crippen LogP contribution >= 0.6 is 0 Å². The van der Waals surface area contributed by atoms with Crippen LogP contribution in [0.4, 0.5) is 22.0 Å². The average Bonchev–Trinajstić information content (AvgIpc) is 3.12. The van der Waals surface area contributed by atoms with Crippen LogP contribution in [0.25, 0.3) is 0 Å². The quantitative estimate of drug-likeness (QED) is 0.544. The van der Waals surface area contributed by atoms with Crippen molar-refractivity contribution in [1.82, 2.24) is 4.90 Å². The highest BCUT2D eigenvalue weighted by molar-refractivity contribution is 5.97. The molecule has 1 atom stereocenters. The summed E-state index contributed by atoms with van der Waals surface area (Å²) in [5.74, 6) is -2.49. The summed E-state index contributed by atoms with van der Waals surface area (Å²) in [6, 6.07) is 13.1. The number of nitrogens with zero attached hydrogens (tertiary/aromatic N) is 1. The molecule has 0 spiro atoms. The van der Waals surface area contributed by atoms with Gasteiger partial charge in [0, 0.05) is 6.54 Å². The number of rotatable bonds is 5. The van der Waals surface area contributed by atoms with E-state index < -0.39 is 46.6 Å². The Kier molecular flexibility index (Phi) is 5.89. The van der Waals surface area contributed by atoms with Crippen molar-refractivity contribution in [3.63, 3.8) is 0 Å². The first kappa shape index (κ1) is 23.4. The minimum absolute atomic E-state index is 0.0439. The van der Waals surface area contributed by atoms with Crippen LogP contribution in [0, 0.1) is 11.6 Å². The van der Waals surface area contributed by atoms with Crippen LogP contribution in [0.2, 0.25) is 0 Å². The van der Waals surface area contributed by atoms with E-state index in [1.807, 2.05) is 0 Å². The van der Waals surface area contributed by atoms with Crippen LogP contribution in [0.15, 0.2) is 72.8 Å². The minimum Gasteiger partial charge on any atom is -0.368 e. The van der Waals surface area contributed by atoms with E-state index in [4.69, 9.17) is 5.73 Å². The normalized spacial score (nSPS) is 16.5. The standard InChI is InChI=1S/C25H19F5N2O2/c26-19-9-5-16(6-10-19)24(17-7-11-20(27)12-8-17)13-14-32(23(24)34)21(22(31)33)15-1-3-18(4-2-15)25(28,29)30/h1-12,21H,13-14H2,(H2,31,33). The number of alkyl halides is 3. The number of carbonyl (C=O) groups excluding carboxylic acids is 2. The third-order valence-electron chi connectivity index (χ3n) is 6.16. The van der Waals surface area contributed by atoms with Crippen LogP contribution in [-0.4, -0.2) is 23.3 Å². The van der Waals surface area contributed by atoms with Gasteiger partial charge in [0.05, 0.1) is 5.56 Å². The number of likely N-dealkylation sites (tertiary alicyclic amines) is 1. The molecule has 0 bridgehead atoms. The summed E-state index contributed by atoms with van der Waals surface area (Å²) in [4.78, 5) is 27.5. The molecule has 4 nitrogen and oxygen atoms in total. The van der Waals surface area contributed by atoms with E-state index in [-0.39, 0.29) is 18.5 Å². The summed E-state index contributed by atoms with van der Waals surface area (Å²) >= 11 is 0. The fourth-order valence-corrected chi connectivity index (χ4v) is 4.51.